The molecule has 2 N–H and O–H groups in total. The Morgan fingerprint density at radius 2 is 2.28 bits per heavy atom. The Morgan fingerprint density at radius 1 is 1.44 bits per heavy atom. The second kappa shape index (κ2) is 6.40. The first-order valence-electron chi connectivity index (χ1n) is 6.39. The maximum absolute atomic E-state index is 11.1. The molecule has 1 aliphatic rings. The number of carbonyl (C=O) groups is 1. The molecule has 1 fully saturated rings. The molecule has 0 aromatic heterocycles. The molecule has 0 bridgehead atoms. The third kappa shape index (κ3) is 3.47. The Balaban J connectivity index is 1.89. The number of carbonyl (C=O) groups excluding carboxylic acids is 1. The van der Waals surface area contributed by atoms with Crippen molar-refractivity contribution in [2.24, 2.45) is 0 Å². The summed E-state index contributed by atoms with van der Waals surface area (Å²) in [6, 6.07) is 8.49. The van der Waals surface area contributed by atoms with E-state index >= 15 is 0 Å². The predicted molar refractivity (Wildman–Crippen MR) is 71.7 cm³/mol. The summed E-state index contributed by atoms with van der Waals surface area (Å²) in [6.45, 7) is 1.51. The summed E-state index contributed by atoms with van der Waals surface area (Å²) in [6.07, 6.45) is 2.47. The summed E-state index contributed by atoms with van der Waals surface area (Å²) < 4.78 is 5.11. The molecule has 1 saturated heterocycles. The number of para-hydroxylation sites is 1. The van der Waals surface area contributed by atoms with Crippen molar-refractivity contribution in [1.82, 2.24) is 5.32 Å². The molecule has 2 rings (SSSR count). The van der Waals surface area contributed by atoms with Gasteiger partial charge in [0.05, 0.1) is 6.61 Å². The van der Waals surface area contributed by atoms with Crippen LogP contribution < -0.4 is 10.6 Å². The number of anilines is 1. The van der Waals surface area contributed by atoms with Crippen molar-refractivity contribution in [3.05, 3.63) is 29.8 Å². The molecule has 1 unspecified atom stereocenters. The molecule has 4 nitrogen and oxygen atoms in total. The van der Waals surface area contributed by atoms with Crippen molar-refractivity contribution in [3.63, 3.8) is 0 Å². The van der Waals surface area contributed by atoms with Gasteiger partial charge in [0.2, 0.25) is 5.91 Å². The van der Waals surface area contributed by atoms with Gasteiger partial charge in [-0.2, -0.15) is 0 Å². The minimum atomic E-state index is 0.162. The quantitative estimate of drug-likeness (QED) is 0.803. The van der Waals surface area contributed by atoms with Crippen molar-refractivity contribution in [2.45, 2.75) is 25.3 Å². The largest absolute Gasteiger partial charge is 0.384 e. The third-order valence-electron chi connectivity index (χ3n) is 3.22. The van der Waals surface area contributed by atoms with Gasteiger partial charge in [-0.05, 0) is 24.5 Å². The lowest BCUT2D eigenvalue weighted by Crippen LogP contribution is -2.32. The highest BCUT2D eigenvalue weighted by Crippen LogP contribution is 2.16. The number of rotatable bonds is 6. The molecule has 18 heavy (non-hydrogen) atoms. The van der Waals surface area contributed by atoms with Crippen LogP contribution in [0.2, 0.25) is 0 Å². The van der Waals surface area contributed by atoms with Crippen LogP contribution in [0.3, 0.4) is 0 Å². The van der Waals surface area contributed by atoms with Gasteiger partial charge in [0, 0.05) is 31.8 Å². The van der Waals surface area contributed by atoms with Crippen LogP contribution in [-0.4, -0.2) is 32.2 Å². The van der Waals surface area contributed by atoms with E-state index in [1.54, 1.807) is 7.11 Å². The van der Waals surface area contributed by atoms with Gasteiger partial charge in [-0.25, -0.2) is 0 Å². The molecule has 4 heteroatoms. The Morgan fingerprint density at radius 3 is 3.00 bits per heavy atom. The zero-order valence-corrected chi connectivity index (χ0v) is 10.7. The number of hydrogen-bond donors (Lipinski definition) is 2. The van der Waals surface area contributed by atoms with E-state index in [-0.39, 0.29) is 11.9 Å². The van der Waals surface area contributed by atoms with Gasteiger partial charge in [-0.1, -0.05) is 18.2 Å². The monoisotopic (exact) mass is 248 g/mol. The molecule has 1 heterocycles. The van der Waals surface area contributed by atoms with Gasteiger partial charge in [0.1, 0.15) is 0 Å². The van der Waals surface area contributed by atoms with Crippen molar-refractivity contribution in [2.75, 3.05) is 25.6 Å². The predicted octanol–water partition coefficient (Wildman–Crippen LogP) is 1.57. The summed E-state index contributed by atoms with van der Waals surface area (Å²) in [5.74, 6) is 0.162. The summed E-state index contributed by atoms with van der Waals surface area (Å²) in [4.78, 5) is 11.1. The van der Waals surface area contributed by atoms with Crippen LogP contribution in [0.4, 0.5) is 5.69 Å². The van der Waals surface area contributed by atoms with Gasteiger partial charge < -0.3 is 15.4 Å². The fraction of sp³-hybridized carbons (Fsp3) is 0.500. The van der Waals surface area contributed by atoms with E-state index in [9.17, 15) is 4.79 Å². The zero-order valence-electron chi connectivity index (χ0n) is 10.7. The minimum Gasteiger partial charge on any atom is -0.384 e. The Hall–Kier alpha value is -1.55. The number of nitrogens with one attached hydrogen (secondary N) is 2. The molecule has 0 aliphatic carbocycles. The molecule has 1 atom stereocenters. The second-order valence-electron chi connectivity index (χ2n) is 4.58. The van der Waals surface area contributed by atoms with E-state index in [1.165, 1.54) is 5.56 Å². The number of ether oxygens (including phenoxy) is 1. The van der Waals surface area contributed by atoms with E-state index in [0.29, 0.717) is 6.42 Å². The van der Waals surface area contributed by atoms with Gasteiger partial charge in [0.25, 0.3) is 0 Å². The third-order valence-corrected chi connectivity index (χ3v) is 3.22. The zero-order chi connectivity index (χ0) is 12.8. The van der Waals surface area contributed by atoms with Crippen LogP contribution in [0.5, 0.6) is 0 Å². The summed E-state index contributed by atoms with van der Waals surface area (Å²) >= 11 is 0. The maximum atomic E-state index is 11.1. The smallest absolute Gasteiger partial charge is 0.220 e. The molecular formula is C14H20N2O2. The molecule has 1 aromatic carbocycles. The lowest BCUT2D eigenvalue weighted by molar-refractivity contribution is -0.119. The number of amides is 1. The van der Waals surface area contributed by atoms with E-state index in [0.717, 1.165) is 31.7 Å². The molecule has 1 aliphatic heterocycles. The summed E-state index contributed by atoms with van der Waals surface area (Å²) in [7, 11) is 1.71. The summed E-state index contributed by atoms with van der Waals surface area (Å²) in [5, 5.41) is 6.37. The Kier molecular flexibility index (Phi) is 4.59. The van der Waals surface area contributed by atoms with Crippen LogP contribution in [0, 0.1) is 0 Å². The molecule has 1 amide bonds. The van der Waals surface area contributed by atoms with Crippen LogP contribution in [0.1, 0.15) is 18.4 Å². The Bertz CT molecular complexity index is 407. The maximum Gasteiger partial charge on any atom is 0.220 e. The molecule has 0 radical (unpaired) electrons. The van der Waals surface area contributed by atoms with Gasteiger partial charge in [0.15, 0.2) is 0 Å². The molecule has 0 saturated carbocycles. The number of methoxy groups -OCH3 is 1. The number of benzene rings is 1. The first-order valence-corrected chi connectivity index (χ1v) is 6.39. The Labute approximate surface area is 108 Å². The SMILES string of the molecule is COCCc1ccccc1NCC1CCC(=O)N1. The van der Waals surface area contributed by atoms with E-state index < -0.39 is 0 Å². The van der Waals surface area contributed by atoms with Gasteiger partial charge in [-0.15, -0.1) is 0 Å². The summed E-state index contributed by atoms with van der Waals surface area (Å²) in [5.41, 5.74) is 2.39. The molecular weight excluding hydrogens is 228 g/mol. The average molecular weight is 248 g/mol. The van der Waals surface area contributed by atoms with Crippen molar-refractivity contribution in [3.8, 4) is 0 Å². The normalized spacial score (nSPS) is 18.7. The first kappa shape index (κ1) is 12.9. The molecule has 1 aromatic rings. The van der Waals surface area contributed by atoms with Crippen LogP contribution >= 0.6 is 0 Å². The average Bonchev–Trinajstić information content (AvgIpc) is 2.81. The fourth-order valence-corrected chi connectivity index (χ4v) is 2.19. The highest BCUT2D eigenvalue weighted by Gasteiger charge is 2.20. The highest BCUT2D eigenvalue weighted by atomic mass is 16.5. The highest BCUT2D eigenvalue weighted by molar-refractivity contribution is 5.78. The first-order chi connectivity index (χ1) is 8.79. The van der Waals surface area contributed by atoms with E-state index in [2.05, 4.69) is 22.8 Å². The van der Waals surface area contributed by atoms with E-state index in [1.807, 2.05) is 12.1 Å². The lowest BCUT2D eigenvalue weighted by Gasteiger charge is -2.15. The molecule has 0 spiro atoms. The fourth-order valence-electron chi connectivity index (χ4n) is 2.19. The topological polar surface area (TPSA) is 50.4 Å². The van der Waals surface area contributed by atoms with Crippen molar-refractivity contribution >= 4 is 11.6 Å². The minimum absolute atomic E-state index is 0.162. The van der Waals surface area contributed by atoms with E-state index in [4.69, 9.17) is 4.74 Å². The van der Waals surface area contributed by atoms with Crippen LogP contribution in [0.25, 0.3) is 0 Å². The van der Waals surface area contributed by atoms with Gasteiger partial charge in [-0.3, -0.25) is 4.79 Å². The standard InChI is InChI=1S/C14H20N2O2/c1-18-9-8-11-4-2-3-5-13(11)15-10-12-6-7-14(17)16-12/h2-5,12,15H,6-10H2,1H3,(H,16,17). The van der Waals surface area contributed by atoms with Crippen molar-refractivity contribution < 1.29 is 9.53 Å². The van der Waals surface area contributed by atoms with Crippen LogP contribution in [0.15, 0.2) is 24.3 Å². The second-order valence-corrected chi connectivity index (χ2v) is 4.58. The number of hydrogen-bond acceptors (Lipinski definition) is 3. The van der Waals surface area contributed by atoms with Gasteiger partial charge >= 0.3 is 0 Å². The van der Waals surface area contributed by atoms with Crippen molar-refractivity contribution in [1.29, 1.82) is 0 Å². The molecule has 98 valence electrons. The van der Waals surface area contributed by atoms with Crippen LogP contribution in [-0.2, 0) is 16.0 Å². The lowest BCUT2D eigenvalue weighted by atomic mass is 10.1.